The molecule has 0 bridgehead atoms. The van der Waals surface area contributed by atoms with Gasteiger partial charge >= 0.3 is 0 Å². The number of ether oxygens (including phenoxy) is 1. The molecule has 1 saturated carbocycles. The SMILES string of the molecule is CCc1ccc(OC2CCCC(NC)C2)cc1. The Balaban J connectivity index is 1.90. The minimum absolute atomic E-state index is 0.383. The van der Waals surface area contributed by atoms with Gasteiger partial charge in [0.05, 0.1) is 0 Å². The quantitative estimate of drug-likeness (QED) is 0.862. The Morgan fingerprint density at radius 2 is 2.00 bits per heavy atom. The summed E-state index contributed by atoms with van der Waals surface area (Å²) in [6.45, 7) is 2.18. The smallest absolute Gasteiger partial charge is 0.119 e. The lowest BCUT2D eigenvalue weighted by Crippen LogP contribution is -2.36. The van der Waals surface area contributed by atoms with E-state index in [-0.39, 0.29) is 0 Å². The number of hydrogen-bond donors (Lipinski definition) is 1. The molecule has 1 aromatic rings. The lowest BCUT2D eigenvalue weighted by atomic mass is 9.93. The van der Waals surface area contributed by atoms with Crippen molar-refractivity contribution in [3.8, 4) is 5.75 Å². The third kappa shape index (κ3) is 3.47. The Morgan fingerprint density at radius 3 is 2.65 bits per heavy atom. The largest absolute Gasteiger partial charge is 0.490 e. The predicted molar refractivity (Wildman–Crippen MR) is 71.6 cm³/mol. The summed E-state index contributed by atoms with van der Waals surface area (Å²) in [5.41, 5.74) is 1.37. The molecule has 1 fully saturated rings. The van der Waals surface area contributed by atoms with Crippen molar-refractivity contribution in [2.24, 2.45) is 0 Å². The molecule has 0 saturated heterocycles. The van der Waals surface area contributed by atoms with Gasteiger partial charge in [0.1, 0.15) is 11.9 Å². The van der Waals surface area contributed by atoms with Gasteiger partial charge in [0.15, 0.2) is 0 Å². The number of aryl methyl sites for hydroxylation is 1. The van der Waals surface area contributed by atoms with Crippen LogP contribution in [-0.2, 0) is 6.42 Å². The van der Waals surface area contributed by atoms with Crippen LogP contribution in [0.2, 0.25) is 0 Å². The van der Waals surface area contributed by atoms with E-state index in [2.05, 4.69) is 36.5 Å². The average molecular weight is 233 g/mol. The molecule has 1 aliphatic rings. The molecule has 0 spiro atoms. The van der Waals surface area contributed by atoms with Crippen LogP contribution < -0.4 is 10.1 Å². The van der Waals surface area contributed by atoms with Crippen molar-refractivity contribution in [2.45, 2.75) is 51.2 Å². The summed E-state index contributed by atoms with van der Waals surface area (Å²) >= 11 is 0. The van der Waals surface area contributed by atoms with Gasteiger partial charge in [0, 0.05) is 6.04 Å². The van der Waals surface area contributed by atoms with Crippen LogP contribution in [0.4, 0.5) is 0 Å². The van der Waals surface area contributed by atoms with E-state index in [1.165, 1.54) is 24.8 Å². The molecule has 0 amide bonds. The highest BCUT2D eigenvalue weighted by molar-refractivity contribution is 5.27. The van der Waals surface area contributed by atoms with Crippen LogP contribution in [-0.4, -0.2) is 19.2 Å². The number of rotatable bonds is 4. The van der Waals surface area contributed by atoms with E-state index in [0.717, 1.165) is 18.6 Å². The van der Waals surface area contributed by atoms with Crippen LogP contribution in [0.5, 0.6) is 5.75 Å². The number of nitrogens with one attached hydrogen (secondary N) is 1. The molecule has 2 unspecified atom stereocenters. The third-order valence-corrected chi connectivity index (χ3v) is 3.67. The molecule has 0 aromatic heterocycles. The molecular weight excluding hydrogens is 210 g/mol. The molecule has 2 rings (SSSR count). The molecule has 0 heterocycles. The van der Waals surface area contributed by atoms with Crippen LogP contribution in [0.1, 0.15) is 38.2 Å². The zero-order valence-corrected chi connectivity index (χ0v) is 10.9. The monoisotopic (exact) mass is 233 g/mol. The molecule has 2 atom stereocenters. The molecule has 0 aliphatic heterocycles. The van der Waals surface area contributed by atoms with Crippen molar-refractivity contribution in [1.82, 2.24) is 5.32 Å². The van der Waals surface area contributed by atoms with E-state index in [1.807, 2.05) is 7.05 Å². The van der Waals surface area contributed by atoms with Crippen molar-refractivity contribution < 1.29 is 4.74 Å². The first-order valence-electron chi connectivity index (χ1n) is 6.74. The zero-order chi connectivity index (χ0) is 12.1. The van der Waals surface area contributed by atoms with Gasteiger partial charge in [0.25, 0.3) is 0 Å². The van der Waals surface area contributed by atoms with E-state index in [4.69, 9.17) is 4.74 Å². The standard InChI is InChI=1S/C15H23NO/c1-3-12-7-9-14(10-8-12)17-15-6-4-5-13(11-15)16-2/h7-10,13,15-16H,3-6,11H2,1-2H3. The summed E-state index contributed by atoms with van der Waals surface area (Å²) in [5.74, 6) is 1.02. The molecule has 0 radical (unpaired) electrons. The van der Waals surface area contributed by atoms with Crippen LogP contribution in [0.3, 0.4) is 0 Å². The van der Waals surface area contributed by atoms with Crippen LogP contribution >= 0.6 is 0 Å². The Labute approximate surface area is 104 Å². The normalized spacial score (nSPS) is 24.6. The second-order valence-corrected chi connectivity index (χ2v) is 4.89. The van der Waals surface area contributed by atoms with Gasteiger partial charge in [-0.05, 0) is 56.8 Å². The Bertz CT molecular complexity index is 333. The molecule has 1 aromatic carbocycles. The second kappa shape index (κ2) is 6.06. The number of hydrogen-bond acceptors (Lipinski definition) is 2. The highest BCUT2D eigenvalue weighted by Crippen LogP contribution is 2.24. The van der Waals surface area contributed by atoms with E-state index < -0.39 is 0 Å². The van der Waals surface area contributed by atoms with Crippen molar-refractivity contribution in [3.05, 3.63) is 29.8 Å². The fourth-order valence-electron chi connectivity index (χ4n) is 2.51. The lowest BCUT2D eigenvalue weighted by molar-refractivity contribution is 0.137. The van der Waals surface area contributed by atoms with Crippen LogP contribution in [0, 0.1) is 0 Å². The summed E-state index contributed by atoms with van der Waals surface area (Å²) in [4.78, 5) is 0. The van der Waals surface area contributed by atoms with Gasteiger partial charge in [0.2, 0.25) is 0 Å². The van der Waals surface area contributed by atoms with Crippen molar-refractivity contribution >= 4 is 0 Å². The maximum atomic E-state index is 6.05. The molecule has 2 heteroatoms. The maximum absolute atomic E-state index is 6.05. The Morgan fingerprint density at radius 1 is 1.24 bits per heavy atom. The van der Waals surface area contributed by atoms with Gasteiger partial charge in [-0.2, -0.15) is 0 Å². The lowest BCUT2D eigenvalue weighted by Gasteiger charge is -2.29. The first-order valence-corrected chi connectivity index (χ1v) is 6.74. The minimum atomic E-state index is 0.383. The van der Waals surface area contributed by atoms with Gasteiger partial charge in [-0.15, -0.1) is 0 Å². The highest BCUT2D eigenvalue weighted by Gasteiger charge is 2.21. The predicted octanol–water partition coefficient (Wildman–Crippen LogP) is 3.16. The molecule has 1 N–H and O–H groups in total. The minimum Gasteiger partial charge on any atom is -0.490 e. The van der Waals surface area contributed by atoms with Crippen molar-refractivity contribution in [2.75, 3.05) is 7.05 Å². The van der Waals surface area contributed by atoms with E-state index in [1.54, 1.807) is 0 Å². The molecule has 1 aliphatic carbocycles. The third-order valence-electron chi connectivity index (χ3n) is 3.67. The van der Waals surface area contributed by atoms with E-state index in [9.17, 15) is 0 Å². The first-order chi connectivity index (χ1) is 8.31. The zero-order valence-electron chi connectivity index (χ0n) is 10.9. The summed E-state index contributed by atoms with van der Waals surface area (Å²) < 4.78 is 6.05. The second-order valence-electron chi connectivity index (χ2n) is 4.89. The molecular formula is C15H23NO. The number of benzene rings is 1. The highest BCUT2D eigenvalue weighted by atomic mass is 16.5. The van der Waals surface area contributed by atoms with Gasteiger partial charge in [-0.3, -0.25) is 0 Å². The van der Waals surface area contributed by atoms with Crippen molar-refractivity contribution in [3.63, 3.8) is 0 Å². The fourth-order valence-corrected chi connectivity index (χ4v) is 2.51. The maximum Gasteiger partial charge on any atom is 0.119 e. The molecule has 17 heavy (non-hydrogen) atoms. The Kier molecular flexibility index (Phi) is 4.43. The van der Waals surface area contributed by atoms with E-state index >= 15 is 0 Å². The molecule has 2 nitrogen and oxygen atoms in total. The molecule has 94 valence electrons. The van der Waals surface area contributed by atoms with Crippen LogP contribution in [0.25, 0.3) is 0 Å². The van der Waals surface area contributed by atoms with E-state index in [0.29, 0.717) is 12.1 Å². The topological polar surface area (TPSA) is 21.3 Å². The Hall–Kier alpha value is -1.02. The fraction of sp³-hybridized carbons (Fsp3) is 0.600. The van der Waals surface area contributed by atoms with Crippen LogP contribution in [0.15, 0.2) is 24.3 Å². The van der Waals surface area contributed by atoms with Gasteiger partial charge in [-0.1, -0.05) is 19.1 Å². The average Bonchev–Trinajstić information content (AvgIpc) is 2.40. The summed E-state index contributed by atoms with van der Waals surface area (Å²) in [6.07, 6.45) is 6.34. The summed E-state index contributed by atoms with van der Waals surface area (Å²) in [5, 5.41) is 3.36. The first kappa shape index (κ1) is 12.4. The van der Waals surface area contributed by atoms with Gasteiger partial charge < -0.3 is 10.1 Å². The van der Waals surface area contributed by atoms with Crippen molar-refractivity contribution in [1.29, 1.82) is 0 Å². The summed E-state index contributed by atoms with van der Waals surface area (Å²) in [7, 11) is 2.04. The van der Waals surface area contributed by atoms with Gasteiger partial charge in [-0.25, -0.2) is 0 Å². The summed E-state index contributed by atoms with van der Waals surface area (Å²) in [6, 6.07) is 9.15.